The average molecular weight is 548 g/mol. The van der Waals surface area contributed by atoms with E-state index in [0.717, 1.165) is 6.20 Å². The number of rotatable bonds is 6. The fourth-order valence-electron chi connectivity index (χ4n) is 4.64. The molecule has 0 aliphatic carbocycles. The molecule has 12 heteroatoms. The first-order valence-electron chi connectivity index (χ1n) is 12.4. The highest BCUT2D eigenvalue weighted by molar-refractivity contribution is 6.07. The maximum absolute atomic E-state index is 15.6. The Morgan fingerprint density at radius 1 is 1.15 bits per heavy atom. The van der Waals surface area contributed by atoms with Gasteiger partial charge in [-0.1, -0.05) is 0 Å². The van der Waals surface area contributed by atoms with Gasteiger partial charge in [-0.25, -0.2) is 4.39 Å². The van der Waals surface area contributed by atoms with Crippen molar-refractivity contribution < 1.29 is 27.1 Å². The van der Waals surface area contributed by atoms with E-state index in [1.807, 2.05) is 25.8 Å². The Bertz CT molecular complexity index is 1410. The summed E-state index contributed by atoms with van der Waals surface area (Å²) in [6, 6.07) is 4.74. The van der Waals surface area contributed by atoms with Gasteiger partial charge in [0.15, 0.2) is 0 Å². The Balaban J connectivity index is 1.82. The highest BCUT2D eigenvalue weighted by Gasteiger charge is 2.36. The first kappa shape index (κ1) is 28.1. The Labute approximate surface area is 222 Å². The molecule has 3 aromatic rings. The third kappa shape index (κ3) is 6.06. The zero-order chi connectivity index (χ0) is 28.5. The molecule has 2 N–H and O–H groups in total. The maximum atomic E-state index is 15.6. The van der Waals surface area contributed by atoms with Crippen LogP contribution in [0, 0.1) is 5.82 Å². The van der Waals surface area contributed by atoms with Crippen LogP contribution in [0.4, 0.5) is 28.9 Å². The van der Waals surface area contributed by atoms with Crippen molar-refractivity contribution in [1.82, 2.24) is 14.9 Å². The number of halogens is 4. The minimum atomic E-state index is -4.94. The Morgan fingerprint density at radius 2 is 1.85 bits per heavy atom. The van der Waals surface area contributed by atoms with Gasteiger partial charge in [-0.05, 0) is 46.0 Å². The van der Waals surface area contributed by atoms with E-state index in [9.17, 15) is 22.8 Å². The lowest BCUT2D eigenvalue weighted by Crippen LogP contribution is -2.55. The van der Waals surface area contributed by atoms with Gasteiger partial charge in [-0.15, -0.1) is 0 Å². The van der Waals surface area contributed by atoms with Gasteiger partial charge in [0.25, 0.3) is 5.91 Å². The fraction of sp³-hybridized carbons (Fsp3) is 0.370. The Morgan fingerprint density at radius 3 is 2.49 bits per heavy atom. The second kappa shape index (κ2) is 11.0. The van der Waals surface area contributed by atoms with Gasteiger partial charge in [0.1, 0.15) is 11.6 Å². The number of alkyl halides is 3. The lowest BCUT2D eigenvalue weighted by Gasteiger charge is -2.44. The van der Waals surface area contributed by atoms with E-state index in [2.05, 4.69) is 20.2 Å². The van der Waals surface area contributed by atoms with Crippen LogP contribution >= 0.6 is 0 Å². The number of piperazine rings is 1. The van der Waals surface area contributed by atoms with E-state index >= 15 is 4.39 Å². The van der Waals surface area contributed by atoms with Gasteiger partial charge < -0.3 is 19.9 Å². The maximum Gasteiger partial charge on any atom is 0.417 e. The molecule has 1 fully saturated rings. The van der Waals surface area contributed by atoms with Gasteiger partial charge in [-0.3, -0.25) is 19.5 Å². The summed E-state index contributed by atoms with van der Waals surface area (Å²) in [5.41, 5.74) is -2.26. The largest absolute Gasteiger partial charge is 0.492 e. The van der Waals surface area contributed by atoms with Crippen molar-refractivity contribution in [2.45, 2.75) is 39.0 Å². The van der Waals surface area contributed by atoms with Crippen molar-refractivity contribution >= 4 is 17.3 Å². The van der Waals surface area contributed by atoms with Gasteiger partial charge in [0, 0.05) is 54.8 Å². The van der Waals surface area contributed by atoms with Crippen LogP contribution in [0.5, 0.6) is 5.75 Å². The van der Waals surface area contributed by atoms with Crippen LogP contribution in [0.3, 0.4) is 0 Å². The lowest BCUT2D eigenvalue weighted by atomic mass is 10.0. The van der Waals surface area contributed by atoms with Crippen molar-refractivity contribution in [1.29, 1.82) is 0 Å². The number of H-pyrrole nitrogens is 1. The van der Waals surface area contributed by atoms with E-state index in [1.54, 1.807) is 13.0 Å². The van der Waals surface area contributed by atoms with Crippen molar-refractivity contribution in [2.75, 3.05) is 37.0 Å². The molecule has 0 spiro atoms. The quantitative estimate of drug-likeness (QED) is 0.432. The third-order valence-electron chi connectivity index (χ3n) is 6.84. The number of ether oxygens (including phenoxy) is 1. The first-order valence-corrected chi connectivity index (χ1v) is 12.4. The average Bonchev–Trinajstić information content (AvgIpc) is 2.87. The number of likely N-dealkylation sites (N-methyl/N-ethyl adjacent to an activating group) is 1. The summed E-state index contributed by atoms with van der Waals surface area (Å²) < 4.78 is 62.0. The molecule has 1 aliphatic rings. The predicted molar refractivity (Wildman–Crippen MR) is 140 cm³/mol. The molecule has 1 amide bonds. The van der Waals surface area contributed by atoms with Gasteiger partial charge >= 0.3 is 6.18 Å². The molecule has 0 unspecified atom stereocenters. The number of amides is 1. The summed E-state index contributed by atoms with van der Waals surface area (Å²) in [7, 11) is 1.98. The molecule has 4 rings (SSSR count). The summed E-state index contributed by atoms with van der Waals surface area (Å²) in [4.78, 5) is 35.0. The molecule has 2 atom stereocenters. The number of pyridine rings is 2. The fourth-order valence-corrected chi connectivity index (χ4v) is 4.64. The minimum absolute atomic E-state index is 0.0795. The molecule has 0 saturated carbocycles. The van der Waals surface area contributed by atoms with E-state index in [1.165, 1.54) is 24.5 Å². The standard InChI is InChI=1S/C27H29F4N5O3/c1-5-39-18-6-17(10-32-11-18)19-7-23(24(9-22(19)28)36-13-15(2)35(4)16(3)14-36)34-26(38)20-12-33-25(37)8-21(20)27(29,30)31/h6-12,15-16H,5,13-14H2,1-4H3,(H,33,37)(H,34,38)/t15-,16+. The van der Waals surface area contributed by atoms with Crippen molar-refractivity contribution in [3.63, 3.8) is 0 Å². The molecule has 3 heterocycles. The normalized spacial score (nSPS) is 18.2. The smallest absolute Gasteiger partial charge is 0.417 e. The molecule has 1 aromatic carbocycles. The highest BCUT2D eigenvalue weighted by Crippen LogP contribution is 2.37. The number of anilines is 2. The monoisotopic (exact) mass is 547 g/mol. The molecular formula is C27H29F4N5O3. The summed E-state index contributed by atoms with van der Waals surface area (Å²) in [5, 5.41) is 2.54. The lowest BCUT2D eigenvalue weighted by molar-refractivity contribution is -0.138. The topological polar surface area (TPSA) is 90.6 Å². The zero-order valence-electron chi connectivity index (χ0n) is 21.9. The van der Waals surface area contributed by atoms with Gasteiger partial charge in [0.2, 0.25) is 5.56 Å². The number of aromatic amines is 1. The number of aromatic nitrogens is 2. The van der Waals surface area contributed by atoms with Crippen LogP contribution in [-0.2, 0) is 6.18 Å². The minimum Gasteiger partial charge on any atom is -0.492 e. The number of hydrogen-bond donors (Lipinski definition) is 2. The van der Waals surface area contributed by atoms with E-state index in [-0.39, 0.29) is 23.3 Å². The molecule has 0 radical (unpaired) electrons. The third-order valence-corrected chi connectivity index (χ3v) is 6.84. The SMILES string of the molecule is CCOc1cncc(-c2cc(NC(=O)c3c[nH]c(=O)cc3C(F)(F)F)c(N3C[C@@H](C)N(C)[C@@H](C)C3)cc2F)c1. The number of nitrogens with one attached hydrogen (secondary N) is 2. The van der Waals surface area contributed by atoms with E-state index in [4.69, 9.17) is 4.74 Å². The number of hydrogen-bond acceptors (Lipinski definition) is 6. The number of benzene rings is 1. The molecule has 8 nitrogen and oxygen atoms in total. The second-order valence-electron chi connectivity index (χ2n) is 9.54. The molecular weight excluding hydrogens is 518 g/mol. The van der Waals surface area contributed by atoms with E-state index < -0.39 is 34.6 Å². The van der Waals surface area contributed by atoms with Crippen LogP contribution < -0.4 is 20.5 Å². The second-order valence-corrected chi connectivity index (χ2v) is 9.54. The van der Waals surface area contributed by atoms with Crippen LogP contribution in [0.25, 0.3) is 11.1 Å². The van der Waals surface area contributed by atoms with Crippen LogP contribution in [-0.4, -0.2) is 59.6 Å². The zero-order valence-corrected chi connectivity index (χ0v) is 21.9. The summed E-state index contributed by atoms with van der Waals surface area (Å²) in [6.07, 6.45) is -1.31. The van der Waals surface area contributed by atoms with Crippen LogP contribution in [0.2, 0.25) is 0 Å². The Kier molecular flexibility index (Phi) is 7.96. The summed E-state index contributed by atoms with van der Waals surface area (Å²) >= 11 is 0. The molecule has 39 heavy (non-hydrogen) atoms. The molecule has 1 saturated heterocycles. The summed E-state index contributed by atoms with van der Waals surface area (Å²) in [6.45, 7) is 7.17. The number of carbonyl (C=O) groups is 1. The van der Waals surface area contributed by atoms with Crippen LogP contribution in [0.15, 0.2) is 47.7 Å². The molecule has 208 valence electrons. The Hall–Kier alpha value is -3.93. The predicted octanol–water partition coefficient (Wildman–Crippen LogP) is 4.77. The van der Waals surface area contributed by atoms with Crippen molar-refractivity contribution in [3.8, 4) is 16.9 Å². The molecule has 0 bridgehead atoms. The molecule has 1 aliphatic heterocycles. The molecule has 2 aromatic heterocycles. The number of nitrogens with zero attached hydrogens (tertiary/aromatic N) is 3. The summed E-state index contributed by atoms with van der Waals surface area (Å²) in [5.74, 6) is -1.29. The van der Waals surface area contributed by atoms with Crippen molar-refractivity contribution in [3.05, 3.63) is 70.2 Å². The van der Waals surface area contributed by atoms with E-state index in [0.29, 0.717) is 42.8 Å². The van der Waals surface area contributed by atoms with Gasteiger partial charge in [-0.2, -0.15) is 13.2 Å². The number of carbonyl (C=O) groups excluding carboxylic acids is 1. The van der Waals surface area contributed by atoms with Gasteiger partial charge in [0.05, 0.1) is 35.3 Å². The van der Waals surface area contributed by atoms with Crippen LogP contribution in [0.1, 0.15) is 36.7 Å². The van der Waals surface area contributed by atoms with Crippen molar-refractivity contribution in [2.24, 2.45) is 0 Å². The first-order chi connectivity index (χ1) is 18.4. The highest BCUT2D eigenvalue weighted by atomic mass is 19.4.